The van der Waals surface area contributed by atoms with Gasteiger partial charge in [-0.05, 0) is 50.2 Å². The number of rotatable bonds is 9. The van der Waals surface area contributed by atoms with Gasteiger partial charge in [-0.15, -0.1) is 0 Å². The van der Waals surface area contributed by atoms with Crippen LogP contribution in [0.25, 0.3) is 0 Å². The number of hydrogen-bond donors (Lipinski definition) is 1. The summed E-state index contributed by atoms with van der Waals surface area (Å²) < 4.78 is 37.8. The Morgan fingerprint density at radius 3 is 2.55 bits per heavy atom. The molecule has 1 atom stereocenters. The van der Waals surface area contributed by atoms with Crippen LogP contribution in [-0.2, 0) is 24.3 Å². The molecule has 0 radical (unpaired) electrons. The van der Waals surface area contributed by atoms with Gasteiger partial charge in [-0.25, -0.2) is 8.42 Å². The van der Waals surface area contributed by atoms with Crippen molar-refractivity contribution in [1.82, 2.24) is 4.31 Å². The summed E-state index contributed by atoms with van der Waals surface area (Å²) in [4.78, 5) is 26.9. The third-order valence-electron chi connectivity index (χ3n) is 5.22. The van der Waals surface area contributed by atoms with E-state index in [1.165, 1.54) is 24.1 Å². The first kappa shape index (κ1) is 24.7. The van der Waals surface area contributed by atoms with E-state index in [4.69, 9.17) is 9.47 Å². The summed E-state index contributed by atoms with van der Waals surface area (Å²) in [5, 5.41) is 2.79. The van der Waals surface area contributed by atoms with Crippen LogP contribution in [0.1, 0.15) is 20.3 Å². The first-order valence-electron chi connectivity index (χ1n) is 10.7. The number of para-hydroxylation sites is 2. The molecule has 2 aromatic rings. The number of sulfonamides is 1. The second kappa shape index (κ2) is 10.8. The van der Waals surface area contributed by atoms with Gasteiger partial charge in [0.15, 0.2) is 0 Å². The van der Waals surface area contributed by atoms with Gasteiger partial charge < -0.3 is 19.7 Å². The number of likely N-dealkylation sites (N-methyl/N-ethyl adjacent to an activating group) is 1. The number of nitrogens with one attached hydrogen (secondary N) is 1. The van der Waals surface area contributed by atoms with Crippen molar-refractivity contribution >= 4 is 33.2 Å². The van der Waals surface area contributed by atoms with Gasteiger partial charge >= 0.3 is 0 Å². The highest BCUT2D eigenvalue weighted by Crippen LogP contribution is 2.31. The van der Waals surface area contributed by atoms with Crippen molar-refractivity contribution in [3.05, 3.63) is 48.5 Å². The topological polar surface area (TPSA) is 105 Å². The zero-order valence-electron chi connectivity index (χ0n) is 19.0. The first-order chi connectivity index (χ1) is 15.7. The molecular formula is C23H29N3O6S. The van der Waals surface area contributed by atoms with E-state index in [9.17, 15) is 18.0 Å². The maximum atomic E-state index is 13.2. The van der Waals surface area contributed by atoms with Crippen LogP contribution in [0.15, 0.2) is 53.4 Å². The second-order valence-corrected chi connectivity index (χ2v) is 9.70. The molecule has 1 N–H and O–H groups in total. The minimum absolute atomic E-state index is 0.0520. The molecule has 2 amide bonds. The second-order valence-electron chi connectivity index (χ2n) is 7.66. The van der Waals surface area contributed by atoms with Crippen LogP contribution in [-0.4, -0.2) is 64.0 Å². The highest BCUT2D eigenvalue weighted by molar-refractivity contribution is 7.89. The lowest BCUT2D eigenvalue weighted by Crippen LogP contribution is -2.45. The Bertz CT molecular complexity index is 1090. The van der Waals surface area contributed by atoms with Crippen LogP contribution in [0.2, 0.25) is 0 Å². The predicted octanol–water partition coefficient (Wildman–Crippen LogP) is 2.49. The van der Waals surface area contributed by atoms with Crippen LogP contribution in [0.3, 0.4) is 0 Å². The summed E-state index contributed by atoms with van der Waals surface area (Å²) in [7, 11) is -2.55. The van der Waals surface area contributed by atoms with E-state index in [2.05, 4.69) is 5.32 Å². The number of amides is 2. The largest absolute Gasteiger partial charge is 0.491 e. The number of carbonyl (C=O) groups is 2. The Hall–Kier alpha value is -2.95. The van der Waals surface area contributed by atoms with Gasteiger partial charge in [-0.3, -0.25) is 9.59 Å². The van der Waals surface area contributed by atoms with Crippen molar-refractivity contribution in [3.8, 4) is 5.75 Å². The molecular weight excluding hydrogens is 446 g/mol. The van der Waals surface area contributed by atoms with E-state index in [1.807, 2.05) is 6.92 Å². The van der Waals surface area contributed by atoms with Crippen molar-refractivity contribution in [2.45, 2.75) is 31.2 Å². The summed E-state index contributed by atoms with van der Waals surface area (Å²) >= 11 is 0. The molecule has 1 aliphatic heterocycles. The molecule has 0 fully saturated rings. The highest BCUT2D eigenvalue weighted by atomic mass is 32.2. The molecule has 1 heterocycles. The summed E-state index contributed by atoms with van der Waals surface area (Å²) in [6.45, 7) is 4.69. The first-order valence-corrected chi connectivity index (χ1v) is 12.2. The monoisotopic (exact) mass is 475 g/mol. The normalized spacial score (nSPS) is 16.2. The van der Waals surface area contributed by atoms with Gasteiger partial charge in [0.25, 0.3) is 0 Å². The summed E-state index contributed by atoms with van der Waals surface area (Å²) in [6, 6.07) is 12.6. The average Bonchev–Trinajstić information content (AvgIpc) is 2.91. The number of fused-ring (bicyclic) bond motifs is 1. The lowest BCUT2D eigenvalue weighted by atomic mass is 10.1. The predicted molar refractivity (Wildman–Crippen MR) is 125 cm³/mol. The maximum absolute atomic E-state index is 13.2. The summed E-state index contributed by atoms with van der Waals surface area (Å²) in [5.41, 5.74) is 1.06. The van der Waals surface area contributed by atoms with Crippen LogP contribution >= 0.6 is 0 Å². The van der Waals surface area contributed by atoms with E-state index in [0.717, 1.165) is 4.31 Å². The zero-order valence-corrected chi connectivity index (χ0v) is 19.8. The molecule has 2 aromatic carbocycles. The molecule has 0 saturated heterocycles. The Morgan fingerprint density at radius 1 is 1.15 bits per heavy atom. The van der Waals surface area contributed by atoms with Crippen molar-refractivity contribution < 1.29 is 27.5 Å². The zero-order chi connectivity index (χ0) is 24.0. The number of ether oxygens (including phenoxy) is 2. The maximum Gasteiger partial charge on any atom is 0.243 e. The third-order valence-corrected chi connectivity index (χ3v) is 7.04. The molecule has 1 unspecified atom stereocenters. The standard InChI is InChI=1S/C23H29N3O6S/c1-4-31-13-14-32-18-9-11-19(12-10-18)33(29,30)25(3)16-23(28)26-17(2)15-22(27)24-20-7-5-6-8-21(20)26/h5-12,17H,4,13-16H2,1-3H3,(H,24,27). The van der Waals surface area contributed by atoms with Crippen molar-refractivity contribution in [2.75, 3.05) is 43.6 Å². The number of benzene rings is 2. The number of nitrogens with zero attached hydrogens (tertiary/aromatic N) is 2. The summed E-state index contributed by atoms with van der Waals surface area (Å²) in [6.07, 6.45) is 0.113. The average molecular weight is 476 g/mol. The number of carbonyl (C=O) groups excluding carboxylic acids is 2. The van der Waals surface area contributed by atoms with Crippen LogP contribution < -0.4 is 15.0 Å². The molecule has 178 valence electrons. The fourth-order valence-corrected chi connectivity index (χ4v) is 4.69. The molecule has 0 spiro atoms. The fraction of sp³-hybridized carbons (Fsp3) is 0.391. The molecule has 0 aromatic heterocycles. The minimum atomic E-state index is -3.91. The molecule has 3 rings (SSSR count). The van der Waals surface area contributed by atoms with E-state index in [1.54, 1.807) is 43.3 Å². The third kappa shape index (κ3) is 5.89. The van der Waals surface area contributed by atoms with Gasteiger partial charge in [0.2, 0.25) is 21.8 Å². The smallest absolute Gasteiger partial charge is 0.243 e. The van der Waals surface area contributed by atoms with E-state index in [0.29, 0.717) is 36.9 Å². The lowest BCUT2D eigenvalue weighted by Gasteiger charge is -2.29. The minimum Gasteiger partial charge on any atom is -0.491 e. The molecule has 0 aliphatic carbocycles. The Labute approximate surface area is 194 Å². The van der Waals surface area contributed by atoms with Crippen LogP contribution in [0.5, 0.6) is 5.75 Å². The van der Waals surface area contributed by atoms with Crippen LogP contribution in [0, 0.1) is 0 Å². The van der Waals surface area contributed by atoms with Crippen molar-refractivity contribution in [2.24, 2.45) is 0 Å². The molecule has 0 bridgehead atoms. The van der Waals surface area contributed by atoms with Gasteiger partial charge in [0.05, 0.1) is 29.4 Å². The SMILES string of the molecule is CCOCCOc1ccc(S(=O)(=O)N(C)CC(=O)N2c3ccccc3NC(=O)CC2C)cc1. The Balaban J connectivity index is 1.72. The van der Waals surface area contributed by atoms with E-state index < -0.39 is 22.0 Å². The van der Waals surface area contributed by atoms with Gasteiger partial charge in [0, 0.05) is 26.1 Å². The van der Waals surface area contributed by atoms with Crippen LogP contribution in [0.4, 0.5) is 11.4 Å². The highest BCUT2D eigenvalue weighted by Gasteiger charge is 2.32. The van der Waals surface area contributed by atoms with Gasteiger partial charge in [-0.2, -0.15) is 4.31 Å². The van der Waals surface area contributed by atoms with E-state index in [-0.39, 0.29) is 23.8 Å². The van der Waals surface area contributed by atoms with Crippen molar-refractivity contribution in [1.29, 1.82) is 0 Å². The Kier molecular flexibility index (Phi) is 8.06. The number of anilines is 2. The van der Waals surface area contributed by atoms with Gasteiger partial charge in [0.1, 0.15) is 12.4 Å². The molecule has 9 nitrogen and oxygen atoms in total. The molecule has 33 heavy (non-hydrogen) atoms. The molecule has 0 saturated carbocycles. The number of hydrogen-bond acceptors (Lipinski definition) is 6. The quantitative estimate of drug-likeness (QED) is 0.559. The fourth-order valence-electron chi connectivity index (χ4n) is 3.57. The molecule has 1 aliphatic rings. The summed E-state index contributed by atoms with van der Waals surface area (Å²) in [5.74, 6) is -0.0947. The molecule has 10 heteroatoms. The van der Waals surface area contributed by atoms with Gasteiger partial charge in [-0.1, -0.05) is 12.1 Å². The Morgan fingerprint density at radius 2 is 1.85 bits per heavy atom. The van der Waals surface area contributed by atoms with Crippen molar-refractivity contribution in [3.63, 3.8) is 0 Å². The lowest BCUT2D eigenvalue weighted by molar-refractivity contribution is -0.119. The van der Waals surface area contributed by atoms with E-state index >= 15 is 0 Å².